The van der Waals surface area contributed by atoms with E-state index in [9.17, 15) is 4.79 Å². The molecule has 0 aliphatic rings. The van der Waals surface area contributed by atoms with Crippen LogP contribution in [-0.2, 0) is 16.1 Å². The monoisotopic (exact) mass is 503 g/mol. The Balaban J connectivity index is 1.69. The molecule has 0 aliphatic carbocycles. The fourth-order valence-corrected chi connectivity index (χ4v) is 4.16. The molecule has 1 amide bonds. The number of carbonyl (C=O) groups is 1. The summed E-state index contributed by atoms with van der Waals surface area (Å²) in [6.45, 7) is 8.28. The van der Waals surface area contributed by atoms with Gasteiger partial charge in [0.25, 0.3) is 0 Å². The van der Waals surface area contributed by atoms with Crippen LogP contribution in [0.5, 0.6) is 11.5 Å². The summed E-state index contributed by atoms with van der Waals surface area (Å²) in [6.07, 6.45) is 10.2. The minimum atomic E-state index is -1.16. The van der Waals surface area contributed by atoms with Crippen LogP contribution in [0.3, 0.4) is 0 Å². The molecule has 36 heavy (non-hydrogen) atoms. The zero-order valence-electron chi connectivity index (χ0n) is 21.3. The number of anilines is 1. The molecular weight excluding hydrogens is 470 g/mol. The molecule has 8 heteroatoms. The molecule has 0 atom stereocenters. The second-order valence-corrected chi connectivity index (χ2v) is 15.0. The van der Waals surface area contributed by atoms with Crippen LogP contribution in [0.4, 0.5) is 5.69 Å². The summed E-state index contributed by atoms with van der Waals surface area (Å²) >= 11 is 0. The van der Waals surface area contributed by atoms with Gasteiger partial charge < -0.3 is 19.5 Å². The topological polar surface area (TPSA) is 85.5 Å². The Bertz CT molecular complexity index is 1240. The molecule has 0 saturated heterocycles. The molecule has 0 fully saturated rings. The van der Waals surface area contributed by atoms with Crippen LogP contribution in [-0.4, -0.2) is 44.5 Å². The van der Waals surface area contributed by atoms with Crippen LogP contribution in [0, 0.1) is 12.3 Å². The van der Waals surface area contributed by atoms with E-state index >= 15 is 0 Å². The van der Waals surface area contributed by atoms with Gasteiger partial charge in [-0.2, -0.15) is 5.10 Å². The highest BCUT2D eigenvalue weighted by Gasteiger charge is 2.15. The summed E-state index contributed by atoms with van der Waals surface area (Å²) < 4.78 is 16.7. The Morgan fingerprint density at radius 1 is 1.17 bits per heavy atom. The number of aromatic amines is 1. The lowest BCUT2D eigenvalue weighted by Crippen LogP contribution is -2.21. The van der Waals surface area contributed by atoms with Crippen molar-refractivity contribution in [3.63, 3.8) is 0 Å². The van der Waals surface area contributed by atoms with E-state index in [-0.39, 0.29) is 12.5 Å². The maximum Gasteiger partial charge on any atom is 0.248 e. The zero-order chi connectivity index (χ0) is 26.0. The van der Waals surface area contributed by atoms with Gasteiger partial charge in [0.05, 0.1) is 25.6 Å². The van der Waals surface area contributed by atoms with Crippen LogP contribution in [0.15, 0.2) is 54.7 Å². The number of hydrogen-bond acceptors (Lipinski definition) is 5. The Morgan fingerprint density at radius 3 is 2.72 bits per heavy atom. The maximum atomic E-state index is 12.7. The molecule has 3 aromatic rings. The van der Waals surface area contributed by atoms with Gasteiger partial charge in [0.1, 0.15) is 6.61 Å². The van der Waals surface area contributed by atoms with Crippen LogP contribution in [0.1, 0.15) is 11.3 Å². The Morgan fingerprint density at radius 2 is 1.97 bits per heavy atom. The standard InChI is InChI=1S/C28H33N3O4Si/c1-6-15-35-26-13-11-21(18-27(26)33-2)12-14-28(32)30-24-10-8-7-9-22(24)23-19-29-31-25(23)20-34-16-17-36(3,4)5/h1,7-14,18-19H,15-17,20H2,2-5H3,(H,29,31)(H,30,32)/b14-12+. The second kappa shape index (κ2) is 12.8. The first kappa shape index (κ1) is 26.8. The number of nitrogens with one attached hydrogen (secondary N) is 2. The molecule has 7 nitrogen and oxygen atoms in total. The summed E-state index contributed by atoms with van der Waals surface area (Å²) in [4.78, 5) is 12.7. The number of rotatable bonds is 12. The number of amides is 1. The minimum absolute atomic E-state index is 0.149. The lowest BCUT2D eigenvalue weighted by Gasteiger charge is -2.15. The highest BCUT2D eigenvalue weighted by Crippen LogP contribution is 2.31. The van der Waals surface area contributed by atoms with Crippen molar-refractivity contribution in [3.8, 4) is 35.0 Å². The van der Waals surface area contributed by atoms with Crippen molar-refractivity contribution in [2.24, 2.45) is 0 Å². The average Bonchev–Trinajstić information content (AvgIpc) is 3.32. The van der Waals surface area contributed by atoms with Crippen molar-refractivity contribution < 1.29 is 19.0 Å². The van der Waals surface area contributed by atoms with Gasteiger partial charge in [0.2, 0.25) is 5.91 Å². The number of para-hydroxylation sites is 1. The predicted octanol–water partition coefficient (Wildman–Crippen LogP) is 5.60. The quantitative estimate of drug-likeness (QED) is 0.145. The van der Waals surface area contributed by atoms with Crippen LogP contribution in [0.2, 0.25) is 25.7 Å². The van der Waals surface area contributed by atoms with Gasteiger partial charge in [-0.05, 0) is 35.9 Å². The van der Waals surface area contributed by atoms with Gasteiger partial charge in [-0.1, -0.05) is 49.8 Å². The number of nitrogens with zero attached hydrogens (tertiary/aromatic N) is 1. The number of terminal acetylenes is 1. The third kappa shape index (κ3) is 7.87. The molecule has 0 spiro atoms. The Kier molecular flexibility index (Phi) is 9.51. The number of methoxy groups -OCH3 is 1. The maximum absolute atomic E-state index is 12.7. The fourth-order valence-electron chi connectivity index (χ4n) is 3.41. The molecule has 0 unspecified atom stereocenters. The van der Waals surface area contributed by atoms with E-state index < -0.39 is 8.07 Å². The molecular formula is C28H33N3O4Si. The van der Waals surface area contributed by atoms with Crippen molar-refractivity contribution >= 4 is 25.7 Å². The van der Waals surface area contributed by atoms with E-state index in [0.29, 0.717) is 23.8 Å². The molecule has 2 N–H and O–H groups in total. The Hall–Kier alpha value is -3.80. The van der Waals surface area contributed by atoms with Crippen LogP contribution >= 0.6 is 0 Å². The third-order valence-electron chi connectivity index (χ3n) is 5.36. The van der Waals surface area contributed by atoms with Crippen molar-refractivity contribution in [1.82, 2.24) is 10.2 Å². The van der Waals surface area contributed by atoms with Gasteiger partial charge in [0.15, 0.2) is 11.5 Å². The highest BCUT2D eigenvalue weighted by molar-refractivity contribution is 6.76. The predicted molar refractivity (Wildman–Crippen MR) is 147 cm³/mol. The van der Waals surface area contributed by atoms with E-state index in [1.807, 2.05) is 30.3 Å². The van der Waals surface area contributed by atoms with E-state index in [2.05, 4.69) is 41.1 Å². The first-order valence-corrected chi connectivity index (χ1v) is 15.4. The van der Waals surface area contributed by atoms with Crippen molar-refractivity contribution in [2.75, 3.05) is 25.6 Å². The van der Waals surface area contributed by atoms with Crippen LogP contribution < -0.4 is 14.8 Å². The first-order valence-electron chi connectivity index (χ1n) is 11.7. The summed E-state index contributed by atoms with van der Waals surface area (Å²) in [7, 11) is 0.397. The third-order valence-corrected chi connectivity index (χ3v) is 7.07. The lowest BCUT2D eigenvalue weighted by molar-refractivity contribution is -0.111. The van der Waals surface area contributed by atoms with Gasteiger partial charge in [-0.15, -0.1) is 6.42 Å². The second-order valence-electron chi connectivity index (χ2n) is 9.40. The van der Waals surface area contributed by atoms with Crippen molar-refractivity contribution in [2.45, 2.75) is 32.3 Å². The molecule has 0 saturated carbocycles. The molecule has 0 aliphatic heterocycles. The summed E-state index contributed by atoms with van der Waals surface area (Å²) in [5.41, 5.74) is 4.12. The highest BCUT2D eigenvalue weighted by atomic mass is 28.3. The van der Waals surface area contributed by atoms with Crippen molar-refractivity contribution in [3.05, 3.63) is 66.0 Å². The Labute approximate surface area is 213 Å². The summed E-state index contributed by atoms with van der Waals surface area (Å²) in [5, 5.41) is 10.2. The number of H-pyrrole nitrogens is 1. The first-order chi connectivity index (χ1) is 17.3. The zero-order valence-corrected chi connectivity index (χ0v) is 22.3. The summed E-state index contributed by atoms with van der Waals surface area (Å²) in [6, 6.07) is 14.1. The van der Waals surface area contributed by atoms with Gasteiger partial charge in [0, 0.05) is 37.6 Å². The summed E-state index contributed by atoms with van der Waals surface area (Å²) in [5.74, 6) is 3.25. The van der Waals surface area contributed by atoms with Gasteiger partial charge in [-0.3, -0.25) is 9.89 Å². The SMILES string of the molecule is C#CCOc1ccc(/C=C/C(=O)Nc2ccccc2-c2cn[nH]c2COCC[Si](C)(C)C)cc1OC. The lowest BCUT2D eigenvalue weighted by atomic mass is 10.0. The molecule has 2 aromatic carbocycles. The molecule has 188 valence electrons. The van der Waals surface area contributed by atoms with E-state index in [0.717, 1.165) is 35.0 Å². The smallest absolute Gasteiger partial charge is 0.248 e. The van der Waals surface area contributed by atoms with E-state index in [1.165, 1.54) is 6.08 Å². The largest absolute Gasteiger partial charge is 0.493 e. The molecule has 1 aromatic heterocycles. The molecule has 3 rings (SSSR count). The van der Waals surface area contributed by atoms with E-state index in [4.69, 9.17) is 20.6 Å². The fraction of sp³-hybridized carbons (Fsp3) is 0.286. The van der Waals surface area contributed by atoms with E-state index in [1.54, 1.807) is 31.5 Å². The normalized spacial score (nSPS) is 11.3. The molecule has 0 radical (unpaired) electrons. The molecule has 1 heterocycles. The van der Waals surface area contributed by atoms with Gasteiger partial charge >= 0.3 is 0 Å². The van der Waals surface area contributed by atoms with Crippen molar-refractivity contribution in [1.29, 1.82) is 0 Å². The minimum Gasteiger partial charge on any atom is -0.493 e. The van der Waals surface area contributed by atoms with Crippen LogP contribution in [0.25, 0.3) is 17.2 Å². The number of hydrogen-bond donors (Lipinski definition) is 2. The van der Waals surface area contributed by atoms with Gasteiger partial charge in [-0.25, -0.2) is 0 Å². The average molecular weight is 504 g/mol. The number of benzene rings is 2. The number of carbonyl (C=O) groups excluding carboxylic acids is 1. The molecule has 0 bridgehead atoms. The number of aromatic nitrogens is 2. The number of ether oxygens (including phenoxy) is 3.